The van der Waals surface area contributed by atoms with Crippen LogP contribution in [0.2, 0.25) is 0 Å². The molecule has 4 nitrogen and oxygen atoms in total. The number of nitrogens with one attached hydrogen (secondary N) is 3. The first kappa shape index (κ1) is 16.7. The number of quaternary nitrogens is 1. The van der Waals surface area contributed by atoms with E-state index in [4.69, 9.17) is 17.0 Å². The second kappa shape index (κ2) is 8.62. The maximum atomic E-state index is 5.61. The van der Waals surface area contributed by atoms with E-state index >= 15 is 0 Å². The number of hydrogen-bond donors (Lipinski definition) is 3. The monoisotopic (exact) mass is 334 g/mol. The van der Waals surface area contributed by atoms with Crippen LogP contribution in [-0.2, 0) is 11.3 Å². The molecular formula is C18H28N3OS+. The zero-order chi connectivity index (χ0) is 15.9. The number of benzene rings is 1. The van der Waals surface area contributed by atoms with Crippen LogP contribution in [0.5, 0.6) is 0 Å². The van der Waals surface area contributed by atoms with Gasteiger partial charge in [-0.3, -0.25) is 0 Å². The van der Waals surface area contributed by atoms with E-state index in [2.05, 4.69) is 41.0 Å². The Morgan fingerprint density at radius 2 is 1.96 bits per heavy atom. The zero-order valence-electron chi connectivity index (χ0n) is 13.7. The van der Waals surface area contributed by atoms with Gasteiger partial charge >= 0.3 is 0 Å². The van der Waals surface area contributed by atoms with Crippen molar-refractivity contribution < 1.29 is 9.64 Å². The third-order valence-corrected chi connectivity index (χ3v) is 5.10. The molecule has 0 aliphatic carbocycles. The third-order valence-electron chi connectivity index (χ3n) is 4.84. The van der Waals surface area contributed by atoms with Gasteiger partial charge in [-0.05, 0) is 25.1 Å². The summed E-state index contributed by atoms with van der Waals surface area (Å²) in [7, 11) is 0. The van der Waals surface area contributed by atoms with Gasteiger partial charge in [0.1, 0.15) is 6.54 Å². The van der Waals surface area contributed by atoms with Crippen LogP contribution in [0, 0.1) is 0 Å². The van der Waals surface area contributed by atoms with E-state index in [9.17, 15) is 0 Å². The van der Waals surface area contributed by atoms with Crippen molar-refractivity contribution in [3.05, 3.63) is 35.9 Å². The van der Waals surface area contributed by atoms with Crippen LogP contribution >= 0.6 is 12.2 Å². The molecule has 2 aliphatic heterocycles. The lowest BCUT2D eigenvalue weighted by molar-refractivity contribution is -0.918. The summed E-state index contributed by atoms with van der Waals surface area (Å²) in [6.45, 7) is 5.29. The van der Waals surface area contributed by atoms with Crippen molar-refractivity contribution in [1.82, 2.24) is 10.6 Å². The first-order valence-corrected chi connectivity index (χ1v) is 9.24. The molecule has 0 unspecified atom stereocenters. The molecule has 3 rings (SSSR count). The van der Waals surface area contributed by atoms with Crippen molar-refractivity contribution >= 4 is 17.3 Å². The lowest BCUT2D eigenvalue weighted by atomic mass is 10.0. The molecule has 126 valence electrons. The Morgan fingerprint density at radius 3 is 2.65 bits per heavy atom. The van der Waals surface area contributed by atoms with Crippen molar-refractivity contribution in [2.75, 3.05) is 26.2 Å². The zero-order valence-corrected chi connectivity index (χ0v) is 14.5. The van der Waals surface area contributed by atoms with Crippen LogP contribution < -0.4 is 15.5 Å². The molecule has 2 aliphatic rings. The molecule has 5 heteroatoms. The quantitative estimate of drug-likeness (QED) is 0.699. The van der Waals surface area contributed by atoms with Gasteiger partial charge in [-0.1, -0.05) is 30.3 Å². The first-order valence-electron chi connectivity index (χ1n) is 8.83. The highest BCUT2D eigenvalue weighted by Crippen LogP contribution is 2.10. The van der Waals surface area contributed by atoms with Gasteiger partial charge in [-0.25, -0.2) is 0 Å². The number of piperidine rings is 1. The fourth-order valence-corrected chi connectivity index (χ4v) is 3.73. The molecule has 1 atom stereocenters. The second-order valence-electron chi connectivity index (χ2n) is 6.68. The molecule has 1 aromatic carbocycles. The van der Waals surface area contributed by atoms with E-state index in [1.807, 2.05) is 0 Å². The largest absolute Gasteiger partial charge is 0.376 e. The van der Waals surface area contributed by atoms with Crippen LogP contribution in [0.25, 0.3) is 0 Å². The summed E-state index contributed by atoms with van der Waals surface area (Å²) in [4.78, 5) is 1.67. The van der Waals surface area contributed by atoms with E-state index in [-0.39, 0.29) is 0 Å². The lowest BCUT2D eigenvalue weighted by Crippen LogP contribution is -3.12. The molecular weight excluding hydrogens is 306 g/mol. The minimum Gasteiger partial charge on any atom is -0.376 e. The molecule has 23 heavy (non-hydrogen) atoms. The highest BCUT2D eigenvalue weighted by Gasteiger charge is 2.23. The molecule has 0 amide bonds. The minimum absolute atomic E-state index is 0.340. The molecule has 0 saturated carbocycles. The molecule has 2 fully saturated rings. The van der Waals surface area contributed by atoms with Gasteiger partial charge in [-0.2, -0.15) is 0 Å². The number of likely N-dealkylation sites (tertiary alicyclic amines) is 1. The van der Waals surface area contributed by atoms with Gasteiger partial charge in [0.05, 0.1) is 19.2 Å². The van der Waals surface area contributed by atoms with Crippen LogP contribution in [0.1, 0.15) is 31.2 Å². The average molecular weight is 335 g/mol. The number of thiocarbonyl (C=S) groups is 1. The maximum Gasteiger partial charge on any atom is 0.166 e. The standard InChI is InChI=1S/C18H27N3OS/c23-18(19-13-17-7-4-12-22-17)20-16-8-10-21(11-9-16)14-15-5-2-1-3-6-15/h1-3,5-6,16-17H,4,7-14H2,(H2,19,20,23)/p+1/t17-/m1/s1. The highest BCUT2D eigenvalue weighted by atomic mass is 32.1. The SMILES string of the molecule is S=C(NC[C@H]1CCCO1)NC1CC[NH+](Cc2ccccc2)CC1. The molecule has 3 N–H and O–H groups in total. The molecule has 0 aromatic heterocycles. The molecule has 0 radical (unpaired) electrons. The van der Waals surface area contributed by atoms with Crippen molar-refractivity contribution in [3.63, 3.8) is 0 Å². The predicted molar refractivity (Wildman–Crippen MR) is 96.6 cm³/mol. The minimum atomic E-state index is 0.340. The van der Waals surface area contributed by atoms with Gasteiger partial charge in [0.25, 0.3) is 0 Å². The van der Waals surface area contributed by atoms with Gasteiger partial charge in [0.15, 0.2) is 5.11 Å². The van der Waals surface area contributed by atoms with Crippen LogP contribution in [0.3, 0.4) is 0 Å². The van der Waals surface area contributed by atoms with Crippen molar-refractivity contribution in [2.45, 2.75) is 44.4 Å². The topological polar surface area (TPSA) is 37.7 Å². The lowest BCUT2D eigenvalue weighted by Gasteiger charge is -2.30. The van der Waals surface area contributed by atoms with Crippen LogP contribution in [0.15, 0.2) is 30.3 Å². The summed E-state index contributed by atoms with van der Waals surface area (Å²) in [5.41, 5.74) is 1.43. The summed E-state index contributed by atoms with van der Waals surface area (Å²) in [5, 5.41) is 7.58. The third kappa shape index (κ3) is 5.44. The molecule has 0 bridgehead atoms. The van der Waals surface area contributed by atoms with E-state index in [1.54, 1.807) is 4.90 Å². The van der Waals surface area contributed by atoms with Gasteiger partial charge in [-0.15, -0.1) is 0 Å². The van der Waals surface area contributed by atoms with Gasteiger partial charge in [0, 0.05) is 37.6 Å². The Hall–Kier alpha value is -1.17. The van der Waals surface area contributed by atoms with Gasteiger partial charge < -0.3 is 20.3 Å². The smallest absolute Gasteiger partial charge is 0.166 e. The van der Waals surface area contributed by atoms with Crippen LogP contribution in [0.4, 0.5) is 0 Å². The summed E-state index contributed by atoms with van der Waals surface area (Å²) in [5.74, 6) is 0. The average Bonchev–Trinajstić information content (AvgIpc) is 3.09. The Bertz CT molecular complexity index is 482. The Labute approximate surface area is 144 Å². The highest BCUT2D eigenvalue weighted by molar-refractivity contribution is 7.80. The van der Waals surface area contributed by atoms with E-state index < -0.39 is 0 Å². The summed E-state index contributed by atoms with van der Waals surface area (Å²) in [6.07, 6.45) is 5.03. The molecule has 2 heterocycles. The van der Waals surface area contributed by atoms with Crippen molar-refractivity contribution in [1.29, 1.82) is 0 Å². The number of ether oxygens (including phenoxy) is 1. The van der Waals surface area contributed by atoms with Crippen molar-refractivity contribution in [3.8, 4) is 0 Å². The number of rotatable bonds is 5. The van der Waals surface area contributed by atoms with Crippen molar-refractivity contribution in [2.24, 2.45) is 0 Å². The number of hydrogen-bond acceptors (Lipinski definition) is 2. The second-order valence-corrected chi connectivity index (χ2v) is 7.08. The normalized spacial score (nSPS) is 27.6. The summed E-state index contributed by atoms with van der Waals surface area (Å²) in [6, 6.07) is 11.3. The summed E-state index contributed by atoms with van der Waals surface area (Å²) < 4.78 is 5.61. The first-order chi connectivity index (χ1) is 11.3. The fraction of sp³-hybridized carbons (Fsp3) is 0.611. The molecule has 2 saturated heterocycles. The summed E-state index contributed by atoms with van der Waals surface area (Å²) >= 11 is 5.42. The fourth-order valence-electron chi connectivity index (χ4n) is 3.48. The molecule has 0 spiro atoms. The Kier molecular flexibility index (Phi) is 6.25. The van der Waals surface area contributed by atoms with Crippen LogP contribution in [-0.4, -0.2) is 43.5 Å². The van der Waals surface area contributed by atoms with E-state index in [0.29, 0.717) is 12.1 Å². The predicted octanol–water partition coefficient (Wildman–Crippen LogP) is 0.877. The Morgan fingerprint density at radius 1 is 1.17 bits per heavy atom. The Balaban J connectivity index is 1.33. The maximum absolute atomic E-state index is 5.61. The van der Waals surface area contributed by atoms with Gasteiger partial charge in [0.2, 0.25) is 0 Å². The molecule has 1 aromatic rings. The van der Waals surface area contributed by atoms with E-state index in [0.717, 1.165) is 31.2 Å². The van der Waals surface area contributed by atoms with E-state index in [1.165, 1.54) is 37.9 Å².